The van der Waals surface area contributed by atoms with Crippen LogP contribution in [-0.2, 0) is 6.42 Å². The van der Waals surface area contributed by atoms with E-state index in [1.165, 1.54) is 23.2 Å². The summed E-state index contributed by atoms with van der Waals surface area (Å²) in [6, 6.07) is 9.71. The fraction of sp³-hybridized carbons (Fsp3) is 0.444. The van der Waals surface area contributed by atoms with Crippen molar-refractivity contribution in [1.82, 2.24) is 14.5 Å². The monoisotopic (exact) mass is 325 g/mol. The first kappa shape index (κ1) is 15.4. The van der Waals surface area contributed by atoms with Crippen LogP contribution in [0.15, 0.2) is 41.3 Å². The van der Waals surface area contributed by atoms with Gasteiger partial charge in [-0.15, -0.1) is 0 Å². The Morgan fingerprint density at radius 3 is 2.46 bits per heavy atom. The molecule has 1 saturated carbocycles. The van der Waals surface area contributed by atoms with Gasteiger partial charge in [0.2, 0.25) is 0 Å². The van der Waals surface area contributed by atoms with Crippen LogP contribution < -0.4 is 17.2 Å². The van der Waals surface area contributed by atoms with Crippen molar-refractivity contribution < 1.29 is 0 Å². The summed E-state index contributed by atoms with van der Waals surface area (Å²) in [4.78, 5) is 18.2. The third-order valence-electron chi connectivity index (χ3n) is 5.48. The van der Waals surface area contributed by atoms with Crippen molar-refractivity contribution in [3.8, 4) is 5.69 Å². The van der Waals surface area contributed by atoms with E-state index in [1.807, 2.05) is 12.1 Å². The van der Waals surface area contributed by atoms with Crippen molar-refractivity contribution in [3.05, 3.63) is 52.6 Å². The van der Waals surface area contributed by atoms with Gasteiger partial charge in [-0.1, -0.05) is 12.1 Å². The van der Waals surface area contributed by atoms with E-state index in [9.17, 15) is 4.79 Å². The maximum Gasteiger partial charge on any atom is 0.354 e. The minimum Gasteiger partial charge on any atom is -0.383 e. The molecule has 24 heavy (non-hydrogen) atoms. The fourth-order valence-corrected chi connectivity index (χ4v) is 3.99. The Balaban J connectivity index is 1.36. The summed E-state index contributed by atoms with van der Waals surface area (Å²) in [6.45, 7) is 4.35. The molecule has 1 aromatic carbocycles. The summed E-state index contributed by atoms with van der Waals surface area (Å²) < 4.78 is 1.50. The van der Waals surface area contributed by atoms with Gasteiger partial charge >= 0.3 is 5.69 Å². The minimum absolute atomic E-state index is 0.244. The Hall–Kier alpha value is -2.18. The molecular formula is C18H23N5O. The highest BCUT2D eigenvalue weighted by molar-refractivity contribution is 5.36. The molecule has 2 aliphatic rings. The van der Waals surface area contributed by atoms with Gasteiger partial charge in [-0.05, 0) is 54.5 Å². The van der Waals surface area contributed by atoms with Crippen LogP contribution in [0.1, 0.15) is 5.56 Å². The maximum absolute atomic E-state index is 11.9. The molecule has 2 heterocycles. The number of hydrogen-bond donors (Lipinski definition) is 2. The predicted octanol–water partition coefficient (Wildman–Crippen LogP) is 0.494. The molecule has 2 fully saturated rings. The summed E-state index contributed by atoms with van der Waals surface area (Å²) in [6.07, 6.45) is 2.69. The highest BCUT2D eigenvalue weighted by Crippen LogP contribution is 2.50. The third kappa shape index (κ3) is 2.83. The molecule has 1 aromatic heterocycles. The van der Waals surface area contributed by atoms with Gasteiger partial charge in [0.1, 0.15) is 5.82 Å². The lowest BCUT2D eigenvalue weighted by Crippen LogP contribution is -2.28. The third-order valence-corrected chi connectivity index (χ3v) is 5.48. The second kappa shape index (κ2) is 6.03. The van der Waals surface area contributed by atoms with Gasteiger partial charge in [-0.2, -0.15) is 4.98 Å². The Labute approximate surface area is 141 Å². The molecule has 4 N–H and O–H groups in total. The van der Waals surface area contributed by atoms with E-state index in [4.69, 9.17) is 11.5 Å². The predicted molar refractivity (Wildman–Crippen MR) is 93.9 cm³/mol. The average Bonchev–Trinajstić information content (AvgIpc) is 3.06. The molecule has 2 unspecified atom stereocenters. The molecule has 2 atom stereocenters. The molecule has 0 radical (unpaired) electrons. The van der Waals surface area contributed by atoms with E-state index >= 15 is 0 Å². The Morgan fingerprint density at radius 2 is 1.83 bits per heavy atom. The highest BCUT2D eigenvalue weighted by atomic mass is 16.1. The summed E-state index contributed by atoms with van der Waals surface area (Å²) >= 11 is 0. The number of anilines is 1. The van der Waals surface area contributed by atoms with Gasteiger partial charge in [0.15, 0.2) is 0 Å². The SMILES string of the molecule is NCC1C2CN(CCc3ccc(-n4ccc(N)nc4=O)cc3)CC12. The highest BCUT2D eigenvalue weighted by Gasteiger charge is 2.54. The van der Waals surface area contributed by atoms with Crippen molar-refractivity contribution >= 4 is 5.82 Å². The lowest BCUT2D eigenvalue weighted by molar-refractivity contribution is 0.290. The zero-order chi connectivity index (χ0) is 16.7. The van der Waals surface area contributed by atoms with Crippen molar-refractivity contribution in [3.63, 3.8) is 0 Å². The van der Waals surface area contributed by atoms with Crippen LogP contribution in [0, 0.1) is 17.8 Å². The van der Waals surface area contributed by atoms with Crippen LogP contribution in [0.5, 0.6) is 0 Å². The van der Waals surface area contributed by atoms with Crippen LogP contribution in [0.4, 0.5) is 5.82 Å². The number of likely N-dealkylation sites (tertiary alicyclic amines) is 1. The van der Waals surface area contributed by atoms with E-state index in [2.05, 4.69) is 22.0 Å². The topological polar surface area (TPSA) is 90.2 Å². The Morgan fingerprint density at radius 1 is 1.12 bits per heavy atom. The molecule has 2 aromatic rings. The first-order valence-electron chi connectivity index (χ1n) is 8.52. The molecule has 4 rings (SSSR count). The molecule has 0 bridgehead atoms. The molecule has 1 aliphatic carbocycles. The van der Waals surface area contributed by atoms with Crippen molar-refractivity contribution in [2.45, 2.75) is 6.42 Å². The minimum atomic E-state index is -0.353. The van der Waals surface area contributed by atoms with Gasteiger partial charge < -0.3 is 16.4 Å². The van der Waals surface area contributed by atoms with Gasteiger partial charge in [-0.3, -0.25) is 4.57 Å². The van der Waals surface area contributed by atoms with Crippen molar-refractivity contribution in [1.29, 1.82) is 0 Å². The van der Waals surface area contributed by atoms with Crippen LogP contribution in [-0.4, -0.2) is 40.6 Å². The van der Waals surface area contributed by atoms with Gasteiger partial charge in [0, 0.05) is 25.8 Å². The maximum atomic E-state index is 11.9. The van der Waals surface area contributed by atoms with E-state index in [0.29, 0.717) is 0 Å². The van der Waals surface area contributed by atoms with Crippen molar-refractivity contribution in [2.24, 2.45) is 23.5 Å². The lowest BCUT2D eigenvalue weighted by Gasteiger charge is -2.19. The molecule has 6 heteroatoms. The number of benzene rings is 1. The number of nitrogens with two attached hydrogens (primary N) is 2. The normalized spacial score (nSPS) is 25.6. The quantitative estimate of drug-likeness (QED) is 0.835. The number of nitrogens with zero attached hydrogens (tertiary/aromatic N) is 3. The van der Waals surface area contributed by atoms with Crippen molar-refractivity contribution in [2.75, 3.05) is 31.9 Å². The van der Waals surface area contributed by atoms with E-state index < -0.39 is 0 Å². The molecule has 0 amide bonds. The van der Waals surface area contributed by atoms with Crippen LogP contribution >= 0.6 is 0 Å². The summed E-state index contributed by atoms with van der Waals surface area (Å²) in [5.41, 5.74) is 13.0. The van der Waals surface area contributed by atoms with E-state index in [1.54, 1.807) is 12.3 Å². The van der Waals surface area contributed by atoms with Gasteiger partial charge in [-0.25, -0.2) is 4.79 Å². The van der Waals surface area contributed by atoms with Gasteiger partial charge in [0.05, 0.1) is 5.69 Å². The fourth-order valence-electron chi connectivity index (χ4n) is 3.99. The van der Waals surface area contributed by atoms with E-state index in [0.717, 1.165) is 43.0 Å². The first-order valence-corrected chi connectivity index (χ1v) is 8.52. The summed E-state index contributed by atoms with van der Waals surface area (Å²) in [5, 5.41) is 0. The zero-order valence-electron chi connectivity index (χ0n) is 13.6. The zero-order valence-corrected chi connectivity index (χ0v) is 13.6. The number of aromatic nitrogens is 2. The molecule has 0 spiro atoms. The number of hydrogen-bond acceptors (Lipinski definition) is 5. The van der Waals surface area contributed by atoms with Crippen LogP contribution in [0.3, 0.4) is 0 Å². The lowest BCUT2D eigenvalue weighted by atomic mass is 10.1. The Kier molecular flexibility index (Phi) is 3.86. The molecule has 1 aliphatic heterocycles. The summed E-state index contributed by atoms with van der Waals surface area (Å²) in [7, 11) is 0. The largest absolute Gasteiger partial charge is 0.383 e. The first-order chi connectivity index (χ1) is 11.7. The number of piperidine rings is 1. The molecule has 126 valence electrons. The number of fused-ring (bicyclic) bond motifs is 1. The Bertz CT molecular complexity index is 773. The summed E-state index contributed by atoms with van der Waals surface area (Å²) in [5.74, 6) is 2.73. The van der Waals surface area contributed by atoms with Gasteiger partial charge in [0.25, 0.3) is 0 Å². The molecule has 1 saturated heterocycles. The molecule has 6 nitrogen and oxygen atoms in total. The number of nitrogen functional groups attached to an aromatic ring is 1. The second-order valence-corrected chi connectivity index (χ2v) is 6.91. The molecular weight excluding hydrogens is 302 g/mol. The smallest absolute Gasteiger partial charge is 0.354 e. The average molecular weight is 325 g/mol. The van der Waals surface area contributed by atoms with Crippen LogP contribution in [0.2, 0.25) is 0 Å². The van der Waals surface area contributed by atoms with E-state index in [-0.39, 0.29) is 11.5 Å². The number of rotatable bonds is 5. The second-order valence-electron chi connectivity index (χ2n) is 6.91. The standard InChI is InChI=1S/C18H23N5O/c19-9-14-15-10-22(11-16(14)15)7-5-12-1-3-13(4-2-12)23-8-6-17(20)21-18(23)24/h1-4,6,8,14-16H,5,7,9-11,19H2,(H2,20,21,24). The van der Waals surface area contributed by atoms with Crippen LogP contribution in [0.25, 0.3) is 5.69 Å².